The summed E-state index contributed by atoms with van der Waals surface area (Å²) in [7, 11) is 4.22. The number of hydrogen-bond acceptors (Lipinski definition) is 1. The van der Waals surface area contributed by atoms with Gasteiger partial charge in [-0.05, 0) is 20.5 Å². The molecule has 0 aliphatic carbocycles. The van der Waals surface area contributed by atoms with E-state index >= 15 is 0 Å². The van der Waals surface area contributed by atoms with Crippen LogP contribution in [-0.2, 0) is 0 Å². The van der Waals surface area contributed by atoms with E-state index in [1.165, 1.54) is 77.0 Å². The molecule has 1 heteroatoms. The van der Waals surface area contributed by atoms with Crippen molar-refractivity contribution in [3.63, 3.8) is 0 Å². The van der Waals surface area contributed by atoms with E-state index in [4.69, 9.17) is 0 Å². The summed E-state index contributed by atoms with van der Waals surface area (Å²) in [5.74, 6) is 0. The van der Waals surface area contributed by atoms with Crippen molar-refractivity contribution in [2.45, 2.75) is 84.0 Å². The first-order chi connectivity index (χ1) is 8.27. The largest absolute Gasteiger partial charge is 0.305 e. The van der Waals surface area contributed by atoms with Crippen molar-refractivity contribution in [3.05, 3.63) is 6.54 Å². The van der Waals surface area contributed by atoms with Gasteiger partial charge < -0.3 is 4.90 Å². The smallest absolute Gasteiger partial charge is 0.0245 e. The molecule has 0 amide bonds. The Hall–Kier alpha value is -0.0400. The molecule has 0 saturated carbocycles. The van der Waals surface area contributed by atoms with Crippen molar-refractivity contribution in [1.29, 1.82) is 0 Å². The van der Waals surface area contributed by atoms with Gasteiger partial charge in [-0.2, -0.15) is 0 Å². The quantitative estimate of drug-likeness (QED) is 0.389. The maximum atomic E-state index is 2.29. The Morgan fingerprint density at radius 2 is 1.06 bits per heavy atom. The summed E-state index contributed by atoms with van der Waals surface area (Å²) in [5, 5.41) is 0. The SMILES string of the molecule is CCCCCCCCCCCCC[CH]N(C)C. The molecule has 0 fully saturated rings. The monoisotopic (exact) mass is 240 g/mol. The molecule has 0 aromatic rings. The Labute approximate surface area is 110 Å². The second-order valence-electron chi connectivity index (χ2n) is 5.47. The van der Waals surface area contributed by atoms with E-state index in [9.17, 15) is 0 Å². The van der Waals surface area contributed by atoms with Crippen LogP contribution in [0, 0.1) is 6.54 Å². The summed E-state index contributed by atoms with van der Waals surface area (Å²) in [6.07, 6.45) is 17.0. The van der Waals surface area contributed by atoms with Crippen molar-refractivity contribution in [3.8, 4) is 0 Å². The lowest BCUT2D eigenvalue weighted by atomic mass is 10.1. The molecule has 0 aromatic carbocycles. The molecule has 0 rings (SSSR count). The van der Waals surface area contributed by atoms with Gasteiger partial charge in [0.25, 0.3) is 0 Å². The highest BCUT2D eigenvalue weighted by atomic mass is 15.0. The highest BCUT2D eigenvalue weighted by Gasteiger charge is 1.94. The molecule has 0 N–H and O–H groups in total. The first-order valence-electron chi connectivity index (χ1n) is 7.77. The first-order valence-corrected chi connectivity index (χ1v) is 7.77. The van der Waals surface area contributed by atoms with Gasteiger partial charge in [0.1, 0.15) is 0 Å². The van der Waals surface area contributed by atoms with E-state index in [0.29, 0.717) is 0 Å². The van der Waals surface area contributed by atoms with Gasteiger partial charge in [-0.15, -0.1) is 0 Å². The van der Waals surface area contributed by atoms with Gasteiger partial charge in [0, 0.05) is 6.54 Å². The predicted molar refractivity (Wildman–Crippen MR) is 79.1 cm³/mol. The Bertz CT molecular complexity index is 131. The Kier molecular flexibility index (Phi) is 14.0. The third-order valence-electron chi connectivity index (χ3n) is 3.30. The zero-order valence-corrected chi connectivity index (χ0v) is 12.5. The lowest BCUT2D eigenvalue weighted by Crippen LogP contribution is -2.06. The van der Waals surface area contributed by atoms with Crippen LogP contribution in [0.1, 0.15) is 84.0 Å². The normalized spacial score (nSPS) is 11.3. The van der Waals surface area contributed by atoms with E-state index in [0.717, 1.165) is 0 Å². The van der Waals surface area contributed by atoms with Crippen LogP contribution in [0.5, 0.6) is 0 Å². The highest BCUT2D eigenvalue weighted by Crippen LogP contribution is 2.12. The fourth-order valence-corrected chi connectivity index (χ4v) is 2.16. The van der Waals surface area contributed by atoms with Crippen LogP contribution in [0.25, 0.3) is 0 Å². The molecule has 0 atom stereocenters. The average Bonchev–Trinajstić information content (AvgIpc) is 2.30. The van der Waals surface area contributed by atoms with E-state index in [1.54, 1.807) is 0 Å². The van der Waals surface area contributed by atoms with Gasteiger partial charge in [0.15, 0.2) is 0 Å². The minimum absolute atomic E-state index is 1.25. The summed E-state index contributed by atoms with van der Waals surface area (Å²) in [4.78, 5) is 2.16. The standard InChI is InChI=1S/C16H34N/c1-4-5-6-7-8-9-10-11-12-13-14-15-16-17(2)3/h16H,4-15H2,1-3H3. The Morgan fingerprint density at radius 3 is 1.47 bits per heavy atom. The van der Waals surface area contributed by atoms with Crippen LogP contribution in [0.15, 0.2) is 0 Å². The highest BCUT2D eigenvalue weighted by molar-refractivity contribution is 4.60. The third kappa shape index (κ3) is 16.0. The van der Waals surface area contributed by atoms with Crippen LogP contribution in [-0.4, -0.2) is 19.0 Å². The number of nitrogens with zero attached hydrogens (tertiary/aromatic N) is 1. The molecule has 0 aliphatic rings. The van der Waals surface area contributed by atoms with E-state index in [-0.39, 0.29) is 0 Å². The van der Waals surface area contributed by atoms with E-state index < -0.39 is 0 Å². The number of hydrogen-bond donors (Lipinski definition) is 0. The summed E-state index contributed by atoms with van der Waals surface area (Å²) >= 11 is 0. The van der Waals surface area contributed by atoms with Crippen LogP contribution < -0.4 is 0 Å². The topological polar surface area (TPSA) is 3.24 Å². The van der Waals surface area contributed by atoms with Crippen LogP contribution >= 0.6 is 0 Å². The molecule has 0 unspecified atom stereocenters. The van der Waals surface area contributed by atoms with Crippen LogP contribution in [0.4, 0.5) is 0 Å². The van der Waals surface area contributed by atoms with Gasteiger partial charge in [-0.25, -0.2) is 0 Å². The molecular formula is C16H34N. The Balaban J connectivity index is 2.89. The molecule has 0 aromatic heterocycles. The maximum absolute atomic E-state index is 2.29. The maximum Gasteiger partial charge on any atom is 0.0245 e. The fraction of sp³-hybridized carbons (Fsp3) is 0.938. The summed E-state index contributed by atoms with van der Waals surface area (Å²) < 4.78 is 0. The molecule has 0 saturated heterocycles. The molecule has 1 radical (unpaired) electrons. The van der Waals surface area contributed by atoms with Gasteiger partial charge >= 0.3 is 0 Å². The van der Waals surface area contributed by atoms with Crippen molar-refractivity contribution >= 4 is 0 Å². The van der Waals surface area contributed by atoms with Gasteiger partial charge in [0.05, 0.1) is 0 Å². The molecule has 0 aliphatic heterocycles. The second-order valence-corrected chi connectivity index (χ2v) is 5.47. The van der Waals surface area contributed by atoms with Crippen molar-refractivity contribution < 1.29 is 0 Å². The Morgan fingerprint density at radius 1 is 0.647 bits per heavy atom. The molecule has 17 heavy (non-hydrogen) atoms. The van der Waals surface area contributed by atoms with Gasteiger partial charge in [-0.1, -0.05) is 77.6 Å². The molecule has 103 valence electrons. The second kappa shape index (κ2) is 14.0. The fourth-order valence-electron chi connectivity index (χ4n) is 2.16. The van der Waals surface area contributed by atoms with Gasteiger partial charge in [0.2, 0.25) is 0 Å². The zero-order chi connectivity index (χ0) is 12.8. The first kappa shape index (κ1) is 17.0. The molecule has 0 heterocycles. The van der Waals surface area contributed by atoms with Crippen LogP contribution in [0.3, 0.4) is 0 Å². The van der Waals surface area contributed by atoms with E-state index in [1.807, 2.05) is 0 Å². The number of rotatable bonds is 13. The molecule has 0 spiro atoms. The predicted octanol–water partition coefficient (Wildman–Crippen LogP) is 5.41. The van der Waals surface area contributed by atoms with Crippen molar-refractivity contribution in [2.75, 3.05) is 14.1 Å². The molecule has 0 bridgehead atoms. The zero-order valence-electron chi connectivity index (χ0n) is 12.5. The minimum atomic E-state index is 1.25. The molecular weight excluding hydrogens is 206 g/mol. The minimum Gasteiger partial charge on any atom is -0.305 e. The summed E-state index contributed by atoms with van der Waals surface area (Å²) in [5.41, 5.74) is 0. The third-order valence-corrected chi connectivity index (χ3v) is 3.30. The van der Waals surface area contributed by atoms with Crippen molar-refractivity contribution in [1.82, 2.24) is 4.90 Å². The summed E-state index contributed by atoms with van der Waals surface area (Å²) in [6, 6.07) is 0. The van der Waals surface area contributed by atoms with Crippen LogP contribution in [0.2, 0.25) is 0 Å². The van der Waals surface area contributed by atoms with E-state index in [2.05, 4.69) is 32.5 Å². The lowest BCUT2D eigenvalue weighted by Gasteiger charge is -2.07. The van der Waals surface area contributed by atoms with Gasteiger partial charge in [-0.3, -0.25) is 0 Å². The van der Waals surface area contributed by atoms with Crippen molar-refractivity contribution in [2.24, 2.45) is 0 Å². The molecule has 1 nitrogen and oxygen atoms in total. The summed E-state index contributed by atoms with van der Waals surface area (Å²) in [6.45, 7) is 4.57. The number of unbranched alkanes of at least 4 members (excludes halogenated alkanes) is 11. The lowest BCUT2D eigenvalue weighted by molar-refractivity contribution is 0.461. The average molecular weight is 240 g/mol.